The molecule has 0 aromatic carbocycles. The van der Waals surface area contributed by atoms with E-state index in [1.807, 2.05) is 4.68 Å². The third kappa shape index (κ3) is 1.94. The van der Waals surface area contributed by atoms with Gasteiger partial charge in [0, 0.05) is 13.2 Å². The molecule has 1 aromatic rings. The lowest BCUT2D eigenvalue weighted by molar-refractivity contribution is 0.121. The number of ether oxygens (including phenoxy) is 1. The molecule has 0 spiro atoms. The molecule has 1 N–H and O–H groups in total. The van der Waals surface area contributed by atoms with Crippen LogP contribution in [0.15, 0.2) is 0 Å². The van der Waals surface area contributed by atoms with E-state index in [9.17, 15) is 0 Å². The molecule has 1 aliphatic rings. The summed E-state index contributed by atoms with van der Waals surface area (Å²) in [5, 5.41) is 8.08. The molecule has 90 valence electrons. The van der Waals surface area contributed by atoms with E-state index in [0.29, 0.717) is 12.1 Å². The average molecular weight is 223 g/mol. The van der Waals surface area contributed by atoms with Gasteiger partial charge in [-0.3, -0.25) is 4.68 Å². The Morgan fingerprint density at radius 1 is 1.50 bits per heavy atom. The second kappa shape index (κ2) is 4.45. The van der Waals surface area contributed by atoms with E-state index in [1.54, 1.807) is 0 Å². The van der Waals surface area contributed by atoms with Gasteiger partial charge in [0.05, 0.1) is 29.2 Å². The van der Waals surface area contributed by atoms with Crippen LogP contribution in [0.25, 0.3) is 0 Å². The van der Waals surface area contributed by atoms with Crippen LogP contribution in [0.1, 0.15) is 31.7 Å². The summed E-state index contributed by atoms with van der Waals surface area (Å²) in [5.41, 5.74) is 3.49. The number of nitrogens with zero attached hydrogens (tertiary/aromatic N) is 2. The summed E-state index contributed by atoms with van der Waals surface area (Å²) < 4.78 is 7.60. The highest BCUT2D eigenvalue weighted by atomic mass is 16.5. The summed E-state index contributed by atoms with van der Waals surface area (Å²) in [7, 11) is 0. The molecule has 4 nitrogen and oxygen atoms in total. The van der Waals surface area contributed by atoms with Crippen LogP contribution in [0.5, 0.6) is 0 Å². The number of rotatable bonds is 3. The minimum absolute atomic E-state index is 0.295. The van der Waals surface area contributed by atoms with Crippen LogP contribution in [-0.2, 0) is 11.3 Å². The normalized spacial score (nSPS) is 25.0. The lowest BCUT2D eigenvalue weighted by Crippen LogP contribution is -2.27. The number of aryl methyl sites for hydroxylation is 2. The van der Waals surface area contributed by atoms with Gasteiger partial charge in [0.2, 0.25) is 0 Å². The Morgan fingerprint density at radius 2 is 2.25 bits per heavy atom. The van der Waals surface area contributed by atoms with Gasteiger partial charge in [-0.25, -0.2) is 0 Å². The van der Waals surface area contributed by atoms with Crippen molar-refractivity contribution in [2.75, 3.05) is 11.9 Å². The number of anilines is 1. The summed E-state index contributed by atoms with van der Waals surface area (Å²) in [6.45, 7) is 10.2. The second-order valence-electron chi connectivity index (χ2n) is 4.48. The fraction of sp³-hybridized carbons (Fsp3) is 0.750. The van der Waals surface area contributed by atoms with Crippen molar-refractivity contribution < 1.29 is 4.74 Å². The summed E-state index contributed by atoms with van der Waals surface area (Å²) in [4.78, 5) is 0. The highest BCUT2D eigenvalue weighted by molar-refractivity contribution is 5.53. The van der Waals surface area contributed by atoms with Crippen LogP contribution >= 0.6 is 0 Å². The Morgan fingerprint density at radius 3 is 2.75 bits per heavy atom. The average Bonchev–Trinajstić information content (AvgIpc) is 2.77. The van der Waals surface area contributed by atoms with Crippen molar-refractivity contribution in [2.24, 2.45) is 0 Å². The second-order valence-corrected chi connectivity index (χ2v) is 4.48. The summed E-state index contributed by atoms with van der Waals surface area (Å²) in [6, 6.07) is 0.423. The van der Waals surface area contributed by atoms with Crippen LogP contribution in [0.2, 0.25) is 0 Å². The predicted molar refractivity (Wildman–Crippen MR) is 64.8 cm³/mol. The lowest BCUT2D eigenvalue weighted by atomic mass is 10.1. The van der Waals surface area contributed by atoms with Gasteiger partial charge in [0.1, 0.15) is 0 Å². The molecule has 4 heteroatoms. The zero-order valence-corrected chi connectivity index (χ0v) is 10.6. The van der Waals surface area contributed by atoms with Crippen molar-refractivity contribution in [3.8, 4) is 0 Å². The van der Waals surface area contributed by atoms with Gasteiger partial charge in [-0.2, -0.15) is 5.10 Å². The van der Waals surface area contributed by atoms with Gasteiger partial charge >= 0.3 is 0 Å². The molecular formula is C12H21N3O. The SMILES string of the molecule is CCn1nc(C)c(NC2CCOC2C)c1C. The fourth-order valence-corrected chi connectivity index (χ4v) is 2.32. The zero-order valence-electron chi connectivity index (χ0n) is 10.6. The molecule has 1 aromatic heterocycles. The number of nitrogens with one attached hydrogen (secondary N) is 1. The molecule has 1 saturated heterocycles. The van der Waals surface area contributed by atoms with Gasteiger partial charge in [-0.1, -0.05) is 0 Å². The van der Waals surface area contributed by atoms with Crippen molar-refractivity contribution in [3.63, 3.8) is 0 Å². The smallest absolute Gasteiger partial charge is 0.0828 e. The lowest BCUT2D eigenvalue weighted by Gasteiger charge is -2.17. The molecule has 1 fully saturated rings. The van der Waals surface area contributed by atoms with Crippen LogP contribution < -0.4 is 5.32 Å². The highest BCUT2D eigenvalue weighted by Gasteiger charge is 2.25. The molecule has 0 bridgehead atoms. The van der Waals surface area contributed by atoms with Gasteiger partial charge in [-0.05, 0) is 34.1 Å². The van der Waals surface area contributed by atoms with E-state index in [0.717, 1.165) is 25.3 Å². The van der Waals surface area contributed by atoms with E-state index in [-0.39, 0.29) is 0 Å². The summed E-state index contributed by atoms with van der Waals surface area (Å²) >= 11 is 0. The van der Waals surface area contributed by atoms with Crippen molar-refractivity contribution in [1.82, 2.24) is 9.78 Å². The van der Waals surface area contributed by atoms with Crippen molar-refractivity contribution in [1.29, 1.82) is 0 Å². The minimum atomic E-state index is 0.295. The maximum absolute atomic E-state index is 5.56. The number of hydrogen-bond donors (Lipinski definition) is 1. The maximum Gasteiger partial charge on any atom is 0.0828 e. The topological polar surface area (TPSA) is 39.1 Å². The molecule has 2 unspecified atom stereocenters. The summed E-state index contributed by atoms with van der Waals surface area (Å²) in [5.74, 6) is 0. The van der Waals surface area contributed by atoms with E-state index >= 15 is 0 Å². The highest BCUT2D eigenvalue weighted by Crippen LogP contribution is 2.24. The first-order valence-corrected chi connectivity index (χ1v) is 6.05. The molecular weight excluding hydrogens is 202 g/mol. The molecule has 2 atom stereocenters. The number of hydrogen-bond acceptors (Lipinski definition) is 3. The Kier molecular flexibility index (Phi) is 3.19. The van der Waals surface area contributed by atoms with Crippen LogP contribution in [0, 0.1) is 13.8 Å². The van der Waals surface area contributed by atoms with Gasteiger partial charge in [0.15, 0.2) is 0 Å². The van der Waals surface area contributed by atoms with E-state index < -0.39 is 0 Å². The van der Waals surface area contributed by atoms with Crippen LogP contribution in [0.3, 0.4) is 0 Å². The van der Waals surface area contributed by atoms with Gasteiger partial charge in [0.25, 0.3) is 0 Å². The monoisotopic (exact) mass is 223 g/mol. The summed E-state index contributed by atoms with van der Waals surface area (Å²) in [6.07, 6.45) is 1.38. The molecule has 0 radical (unpaired) electrons. The molecule has 1 aliphatic heterocycles. The van der Waals surface area contributed by atoms with E-state index in [4.69, 9.17) is 4.74 Å². The van der Waals surface area contributed by atoms with Crippen molar-refractivity contribution in [2.45, 2.75) is 52.8 Å². The maximum atomic E-state index is 5.56. The van der Waals surface area contributed by atoms with E-state index in [2.05, 4.69) is 38.1 Å². The van der Waals surface area contributed by atoms with Gasteiger partial charge < -0.3 is 10.1 Å². The first-order chi connectivity index (χ1) is 7.63. The first-order valence-electron chi connectivity index (χ1n) is 6.05. The minimum Gasteiger partial charge on any atom is -0.377 e. The van der Waals surface area contributed by atoms with Crippen LogP contribution in [-0.4, -0.2) is 28.5 Å². The van der Waals surface area contributed by atoms with Crippen LogP contribution in [0.4, 0.5) is 5.69 Å². The Bertz CT molecular complexity index is 373. The van der Waals surface area contributed by atoms with Crippen molar-refractivity contribution in [3.05, 3.63) is 11.4 Å². The van der Waals surface area contributed by atoms with Gasteiger partial charge in [-0.15, -0.1) is 0 Å². The molecule has 0 saturated carbocycles. The largest absolute Gasteiger partial charge is 0.377 e. The third-order valence-electron chi connectivity index (χ3n) is 3.39. The molecule has 0 aliphatic carbocycles. The van der Waals surface area contributed by atoms with E-state index in [1.165, 1.54) is 11.4 Å². The standard InChI is InChI=1S/C12H21N3O/c1-5-15-9(3)12(8(2)14-15)13-11-6-7-16-10(11)4/h10-11,13H,5-7H2,1-4H3. The zero-order chi connectivity index (χ0) is 11.7. The molecule has 16 heavy (non-hydrogen) atoms. The van der Waals surface area contributed by atoms with Crippen molar-refractivity contribution >= 4 is 5.69 Å². The third-order valence-corrected chi connectivity index (χ3v) is 3.39. The fourth-order valence-electron chi connectivity index (χ4n) is 2.32. The Hall–Kier alpha value is -1.03. The predicted octanol–water partition coefficient (Wildman–Crippen LogP) is 2.11. The number of aromatic nitrogens is 2. The molecule has 2 heterocycles. The Balaban J connectivity index is 2.17. The quantitative estimate of drug-likeness (QED) is 0.853. The molecule has 0 amide bonds. The first kappa shape index (κ1) is 11.5. The Labute approximate surface area is 97.0 Å². The molecule has 2 rings (SSSR count).